The van der Waals surface area contributed by atoms with Gasteiger partial charge >= 0.3 is 0 Å². The van der Waals surface area contributed by atoms with E-state index in [1.54, 1.807) is 19.9 Å². The van der Waals surface area contributed by atoms with Gasteiger partial charge in [0.25, 0.3) is 0 Å². The molecule has 3 rings (SSSR count). The highest BCUT2D eigenvalue weighted by Gasteiger charge is 2.21. The minimum absolute atomic E-state index is 0.135. The number of nitrogens with zero attached hydrogens (tertiary/aromatic N) is 2. The average Bonchev–Trinajstić information content (AvgIpc) is 2.99. The zero-order valence-electron chi connectivity index (χ0n) is 18.1. The number of aryl methyl sites for hydroxylation is 2. The first kappa shape index (κ1) is 27.3. The van der Waals surface area contributed by atoms with Crippen LogP contribution >= 0.6 is 0 Å². The molecule has 2 aromatic rings. The highest BCUT2D eigenvalue weighted by Crippen LogP contribution is 2.26. The molecule has 1 unspecified atom stereocenters. The number of hydrogen-bond donors (Lipinski definition) is 2. The molecule has 0 aromatic heterocycles. The van der Waals surface area contributed by atoms with Gasteiger partial charge in [-0.1, -0.05) is 0 Å². The summed E-state index contributed by atoms with van der Waals surface area (Å²) in [4.78, 5) is 6.82. The molecule has 7 heteroatoms. The molecule has 4 nitrogen and oxygen atoms in total. The van der Waals surface area contributed by atoms with Crippen molar-refractivity contribution in [3.63, 3.8) is 0 Å². The van der Waals surface area contributed by atoms with E-state index in [0.29, 0.717) is 17.0 Å². The SMILES string of the molecule is C#CC.CC#CC.Cc1cc2c(cc1F)C(N)N=C2N.[C-]#[N+]c1cc(C)c(F)cc1F. The molecule has 0 radical (unpaired) electrons. The van der Waals surface area contributed by atoms with Crippen LogP contribution in [-0.4, -0.2) is 5.84 Å². The largest absolute Gasteiger partial charge is 0.383 e. The smallest absolute Gasteiger partial charge is 0.222 e. The van der Waals surface area contributed by atoms with E-state index in [9.17, 15) is 13.2 Å². The van der Waals surface area contributed by atoms with Gasteiger partial charge in [-0.3, -0.25) is 0 Å². The second-order valence-corrected chi connectivity index (χ2v) is 6.10. The number of nitrogens with two attached hydrogens (primary N) is 2. The van der Waals surface area contributed by atoms with E-state index in [2.05, 4.69) is 34.0 Å². The summed E-state index contributed by atoms with van der Waals surface area (Å²) >= 11 is 0. The molecule has 0 spiro atoms. The Morgan fingerprint density at radius 2 is 1.45 bits per heavy atom. The van der Waals surface area contributed by atoms with E-state index in [1.165, 1.54) is 19.1 Å². The van der Waals surface area contributed by atoms with Crippen LogP contribution in [0.25, 0.3) is 4.85 Å². The summed E-state index contributed by atoms with van der Waals surface area (Å²) in [5.41, 5.74) is 13.4. The lowest BCUT2D eigenvalue weighted by molar-refractivity contribution is 0.581. The lowest BCUT2D eigenvalue weighted by Gasteiger charge is -2.04. The molecule has 1 heterocycles. The fourth-order valence-corrected chi connectivity index (χ4v) is 2.18. The summed E-state index contributed by atoms with van der Waals surface area (Å²) in [5, 5.41) is 0. The van der Waals surface area contributed by atoms with Crippen LogP contribution in [0.3, 0.4) is 0 Å². The van der Waals surface area contributed by atoms with Gasteiger partial charge in [-0.2, -0.15) is 0 Å². The van der Waals surface area contributed by atoms with E-state index >= 15 is 0 Å². The van der Waals surface area contributed by atoms with Gasteiger partial charge < -0.3 is 11.5 Å². The van der Waals surface area contributed by atoms with Gasteiger partial charge in [0.2, 0.25) is 5.69 Å². The number of benzene rings is 2. The topological polar surface area (TPSA) is 68.8 Å². The van der Waals surface area contributed by atoms with Crippen molar-refractivity contribution in [1.82, 2.24) is 0 Å². The number of rotatable bonds is 0. The monoisotopic (exact) mass is 426 g/mol. The molecule has 0 saturated heterocycles. The summed E-state index contributed by atoms with van der Waals surface area (Å²) in [6, 6.07) is 5.00. The zero-order valence-corrected chi connectivity index (χ0v) is 18.1. The van der Waals surface area contributed by atoms with Crippen molar-refractivity contribution in [3.8, 4) is 24.2 Å². The maximum absolute atomic E-state index is 13.1. The summed E-state index contributed by atoms with van der Waals surface area (Å²) in [6.07, 6.45) is 4.09. The highest BCUT2D eigenvalue weighted by molar-refractivity contribution is 6.01. The first-order valence-corrected chi connectivity index (χ1v) is 9.00. The van der Waals surface area contributed by atoms with Crippen LogP contribution in [-0.2, 0) is 0 Å². The van der Waals surface area contributed by atoms with Crippen molar-refractivity contribution in [2.45, 2.75) is 40.8 Å². The molecule has 1 aliphatic heterocycles. The molecule has 0 bridgehead atoms. The van der Waals surface area contributed by atoms with Gasteiger partial charge in [-0.05, 0) is 70.0 Å². The molecule has 162 valence electrons. The van der Waals surface area contributed by atoms with Gasteiger partial charge in [-0.15, -0.1) is 24.2 Å². The molecular weight excluding hydrogens is 401 g/mol. The lowest BCUT2D eigenvalue weighted by atomic mass is 10.0. The number of hydrogen-bond acceptors (Lipinski definition) is 3. The van der Waals surface area contributed by atoms with E-state index < -0.39 is 17.8 Å². The molecule has 0 amide bonds. The second kappa shape index (κ2) is 13.5. The van der Waals surface area contributed by atoms with Gasteiger partial charge in [-0.25, -0.2) is 23.0 Å². The van der Waals surface area contributed by atoms with Crippen molar-refractivity contribution in [1.29, 1.82) is 0 Å². The normalized spacial score (nSPS) is 12.4. The average molecular weight is 426 g/mol. The van der Waals surface area contributed by atoms with Crippen LogP contribution in [0.2, 0.25) is 0 Å². The fourth-order valence-electron chi connectivity index (χ4n) is 2.18. The Labute approximate surface area is 182 Å². The molecule has 4 N–H and O–H groups in total. The maximum Gasteiger partial charge on any atom is 0.222 e. The number of terminal acetylenes is 1. The Morgan fingerprint density at radius 3 is 1.94 bits per heavy atom. The maximum atomic E-state index is 13.1. The molecule has 1 aliphatic rings. The Bertz CT molecular complexity index is 1080. The first-order chi connectivity index (χ1) is 14.6. The van der Waals surface area contributed by atoms with Gasteiger partial charge in [0.1, 0.15) is 29.5 Å². The Morgan fingerprint density at radius 1 is 0.968 bits per heavy atom. The second-order valence-electron chi connectivity index (χ2n) is 6.10. The van der Waals surface area contributed by atoms with E-state index in [0.717, 1.165) is 11.6 Å². The van der Waals surface area contributed by atoms with Crippen molar-refractivity contribution in [2.75, 3.05) is 0 Å². The van der Waals surface area contributed by atoms with E-state index in [1.807, 2.05) is 13.8 Å². The Balaban J connectivity index is 0.000000453. The van der Waals surface area contributed by atoms with Crippen LogP contribution in [0.1, 0.15) is 49.2 Å². The lowest BCUT2D eigenvalue weighted by Crippen LogP contribution is -2.10. The van der Waals surface area contributed by atoms with Crippen LogP contribution in [0.15, 0.2) is 29.3 Å². The minimum Gasteiger partial charge on any atom is -0.383 e. The number of halogens is 3. The molecular formula is C24H25F3N4. The van der Waals surface area contributed by atoms with Crippen LogP contribution in [0, 0.1) is 62.1 Å². The first-order valence-electron chi connectivity index (χ1n) is 9.00. The molecule has 0 aliphatic carbocycles. The van der Waals surface area contributed by atoms with Gasteiger partial charge in [0.05, 0.1) is 6.57 Å². The van der Waals surface area contributed by atoms with Gasteiger partial charge in [0.15, 0.2) is 0 Å². The van der Waals surface area contributed by atoms with E-state index in [-0.39, 0.29) is 17.1 Å². The third kappa shape index (κ3) is 8.26. The fraction of sp³-hybridized carbons (Fsp3) is 0.250. The quantitative estimate of drug-likeness (QED) is 0.443. The third-order valence-corrected chi connectivity index (χ3v) is 3.80. The minimum atomic E-state index is -0.803. The van der Waals surface area contributed by atoms with Crippen molar-refractivity contribution in [2.24, 2.45) is 16.5 Å². The summed E-state index contributed by atoms with van der Waals surface area (Å²) in [5.74, 6) is 6.32. The highest BCUT2D eigenvalue weighted by atomic mass is 19.1. The van der Waals surface area contributed by atoms with Crippen molar-refractivity contribution in [3.05, 3.63) is 75.4 Å². The van der Waals surface area contributed by atoms with Crippen LogP contribution in [0.4, 0.5) is 18.9 Å². The van der Waals surface area contributed by atoms with E-state index in [4.69, 9.17) is 18.0 Å². The van der Waals surface area contributed by atoms with Crippen LogP contribution < -0.4 is 11.5 Å². The van der Waals surface area contributed by atoms with Gasteiger partial charge in [0, 0.05) is 11.1 Å². The number of aliphatic imine (C=N–C) groups is 1. The predicted octanol–water partition coefficient (Wildman–Crippen LogP) is 5.30. The molecule has 2 aromatic carbocycles. The molecule has 0 saturated carbocycles. The summed E-state index contributed by atoms with van der Waals surface area (Å²) in [7, 11) is 0. The predicted molar refractivity (Wildman–Crippen MR) is 120 cm³/mol. The Hall–Kier alpha value is -3.73. The van der Waals surface area contributed by atoms with Crippen molar-refractivity contribution >= 4 is 11.5 Å². The molecule has 1 atom stereocenters. The molecule has 0 fully saturated rings. The molecule has 31 heavy (non-hydrogen) atoms. The standard InChI is InChI=1S/C9H10FN3.C8H5F2N.C4H6.C3H4/c1-4-2-5-6(3-7(4)10)9(12)13-8(5)11;1-5-3-8(11-2)7(10)4-6(5)9;1-3-4-2;1-3-2/h2-3,9H,12H2,1H3,(H2,11,13);3-4H,1H3;1-2H3;1H,2H3. The number of amidine groups is 1. The zero-order chi connectivity index (χ0) is 24.1. The number of fused-ring (bicyclic) bond motifs is 1. The third-order valence-electron chi connectivity index (χ3n) is 3.80. The Kier molecular flexibility index (Phi) is 11.9. The summed E-state index contributed by atoms with van der Waals surface area (Å²) < 4.78 is 38.3. The van der Waals surface area contributed by atoms with Crippen molar-refractivity contribution < 1.29 is 13.2 Å². The summed E-state index contributed by atoms with van der Waals surface area (Å²) in [6.45, 7) is 15.0. The van der Waals surface area contributed by atoms with Crippen LogP contribution in [0.5, 0.6) is 0 Å².